The third kappa shape index (κ3) is 1.23. The van der Waals surface area contributed by atoms with Crippen molar-refractivity contribution in [2.24, 2.45) is 0 Å². The second-order valence-corrected chi connectivity index (χ2v) is 1.62. The molecule has 1 heterocycles. The number of imide groups is 1. The van der Waals surface area contributed by atoms with E-state index in [1.165, 1.54) is 0 Å². The molecule has 6 heteroatoms. The summed E-state index contributed by atoms with van der Waals surface area (Å²) < 4.78 is 0. The number of hydrogen-bond acceptors (Lipinski definition) is 4. The number of rotatable bonds is 1. The fraction of sp³-hybridized carbons (Fsp3) is 0.500. The van der Waals surface area contributed by atoms with Gasteiger partial charge >= 0.3 is 6.03 Å². The highest BCUT2D eigenvalue weighted by molar-refractivity contribution is 6.01. The van der Waals surface area contributed by atoms with Gasteiger partial charge in [-0.2, -0.15) is 0 Å². The molecule has 0 aromatic rings. The minimum atomic E-state index is -0.537. The van der Waals surface area contributed by atoms with Gasteiger partial charge in [0.2, 0.25) is 0 Å². The number of carbonyl (C=O) groups excluding carboxylic acids is 2. The highest BCUT2D eigenvalue weighted by Crippen LogP contribution is 1.94. The van der Waals surface area contributed by atoms with Gasteiger partial charge in [0.15, 0.2) is 0 Å². The second-order valence-electron chi connectivity index (χ2n) is 1.62. The van der Waals surface area contributed by atoms with Crippen molar-refractivity contribution >= 4 is 11.9 Å². The Labute approximate surface area is 57.4 Å². The van der Waals surface area contributed by atoms with Gasteiger partial charge in [-0.25, -0.2) is 9.69 Å². The van der Waals surface area contributed by atoms with Crippen LogP contribution in [0.4, 0.5) is 4.79 Å². The Hall–Kier alpha value is -1.14. The lowest BCUT2D eigenvalue weighted by Crippen LogP contribution is -2.31. The fourth-order valence-electron chi connectivity index (χ4n) is 0.598. The predicted octanol–water partition coefficient (Wildman–Crippen LogP) is -1.35. The van der Waals surface area contributed by atoms with Gasteiger partial charge in [-0.3, -0.25) is 4.79 Å². The van der Waals surface area contributed by atoms with Crippen molar-refractivity contribution < 1.29 is 14.7 Å². The third-order valence-corrected chi connectivity index (χ3v) is 1.08. The molecule has 0 bridgehead atoms. The van der Waals surface area contributed by atoms with Crippen molar-refractivity contribution in [3.63, 3.8) is 0 Å². The van der Waals surface area contributed by atoms with Crippen molar-refractivity contribution in [3.05, 3.63) is 0 Å². The van der Waals surface area contributed by atoms with E-state index in [1.54, 1.807) is 0 Å². The van der Waals surface area contributed by atoms with Crippen LogP contribution in [0.2, 0.25) is 0 Å². The van der Waals surface area contributed by atoms with Crippen LogP contribution in [0.15, 0.2) is 0 Å². The first-order valence-corrected chi connectivity index (χ1v) is 2.45. The van der Waals surface area contributed by atoms with E-state index >= 15 is 0 Å². The van der Waals surface area contributed by atoms with Crippen LogP contribution in [0.3, 0.4) is 0 Å². The molecule has 0 radical (unpaired) electrons. The molecule has 0 aromatic carbocycles. The van der Waals surface area contributed by atoms with E-state index in [-0.39, 0.29) is 18.6 Å². The van der Waals surface area contributed by atoms with Gasteiger partial charge in [0.1, 0.15) is 6.73 Å². The van der Waals surface area contributed by atoms with Crippen molar-refractivity contribution in [2.75, 3.05) is 13.3 Å². The zero-order valence-corrected chi connectivity index (χ0v) is 5.33. The smallest absolute Gasteiger partial charge is 0.326 e. The zero-order valence-electron chi connectivity index (χ0n) is 5.33. The summed E-state index contributed by atoms with van der Waals surface area (Å²) in [6.45, 7) is -0.538. The van der Waals surface area contributed by atoms with E-state index in [0.29, 0.717) is 0 Å². The Morgan fingerprint density at radius 1 is 1.60 bits per heavy atom. The molecular weight excluding hydrogens is 138 g/mol. The number of amides is 3. The largest absolute Gasteiger partial charge is 0.376 e. The number of nitrogens with zero attached hydrogens (tertiary/aromatic N) is 1. The van der Waals surface area contributed by atoms with E-state index in [0.717, 1.165) is 4.90 Å². The van der Waals surface area contributed by atoms with E-state index in [2.05, 4.69) is 5.32 Å². The van der Waals surface area contributed by atoms with E-state index < -0.39 is 12.8 Å². The molecule has 58 valence electrons. The Kier molecular flexibility index (Phi) is 2.78. The number of hydrogen-bond donors (Lipinski definition) is 3. The minimum absolute atomic E-state index is 0. The predicted molar refractivity (Wildman–Crippen MR) is 32.4 cm³/mol. The molecule has 0 aromatic heterocycles. The zero-order chi connectivity index (χ0) is 6.85. The second kappa shape index (κ2) is 3.14. The summed E-state index contributed by atoms with van der Waals surface area (Å²) in [5.41, 5.74) is 0. The van der Waals surface area contributed by atoms with Crippen LogP contribution >= 0.6 is 0 Å². The molecule has 3 amide bonds. The molecule has 1 rings (SSSR count). The molecule has 0 aliphatic carbocycles. The van der Waals surface area contributed by atoms with Crippen molar-refractivity contribution in [2.45, 2.75) is 0 Å². The number of carbonyl (C=O) groups is 2. The normalized spacial score (nSPS) is 16.7. The number of aliphatic hydroxyl groups excluding tert-OH is 1. The summed E-state index contributed by atoms with van der Waals surface area (Å²) >= 11 is 0. The lowest BCUT2D eigenvalue weighted by molar-refractivity contribution is -0.127. The Morgan fingerprint density at radius 2 is 2.20 bits per heavy atom. The highest BCUT2D eigenvalue weighted by Gasteiger charge is 2.26. The molecule has 5 N–H and O–H groups in total. The summed E-state index contributed by atoms with van der Waals surface area (Å²) in [7, 11) is 0. The van der Waals surface area contributed by atoms with E-state index in [1.807, 2.05) is 0 Å². The van der Waals surface area contributed by atoms with Gasteiger partial charge in [-0.05, 0) is 0 Å². The summed E-state index contributed by atoms with van der Waals surface area (Å²) in [4.78, 5) is 21.7. The van der Waals surface area contributed by atoms with E-state index in [4.69, 9.17) is 5.11 Å². The van der Waals surface area contributed by atoms with Gasteiger partial charge < -0.3 is 16.6 Å². The first-order valence-electron chi connectivity index (χ1n) is 2.45. The molecule has 1 fully saturated rings. The molecule has 0 saturated carbocycles. The van der Waals surface area contributed by atoms with Crippen LogP contribution in [0, 0.1) is 0 Å². The molecule has 1 saturated heterocycles. The minimum Gasteiger partial charge on any atom is -0.376 e. The standard InChI is InChI=1S/C4H6N2O3.H3N/c7-2-6-3(8)1-5-4(6)9;/h7H,1-2H2,(H,5,9);1H3. The number of urea groups is 1. The number of aliphatic hydroxyl groups is 1. The molecule has 1 aliphatic rings. The fourth-order valence-corrected chi connectivity index (χ4v) is 0.598. The molecule has 0 atom stereocenters. The van der Waals surface area contributed by atoms with Gasteiger partial charge in [-0.1, -0.05) is 0 Å². The summed E-state index contributed by atoms with van der Waals surface area (Å²) in [6.07, 6.45) is 0. The molecule has 6 nitrogen and oxygen atoms in total. The number of nitrogens with one attached hydrogen (secondary N) is 1. The van der Waals surface area contributed by atoms with Gasteiger partial charge in [-0.15, -0.1) is 0 Å². The third-order valence-electron chi connectivity index (χ3n) is 1.08. The topological polar surface area (TPSA) is 105 Å². The maximum atomic E-state index is 10.5. The molecular formula is C4H9N3O3. The summed E-state index contributed by atoms with van der Waals surface area (Å²) in [5.74, 6) is -0.387. The quantitative estimate of drug-likeness (QED) is 0.399. The van der Waals surface area contributed by atoms with E-state index in [9.17, 15) is 9.59 Å². The molecule has 0 spiro atoms. The van der Waals surface area contributed by atoms with Crippen LogP contribution in [0.25, 0.3) is 0 Å². The van der Waals surface area contributed by atoms with Crippen molar-refractivity contribution in [3.8, 4) is 0 Å². The van der Waals surface area contributed by atoms with Crippen molar-refractivity contribution in [1.82, 2.24) is 16.4 Å². The van der Waals surface area contributed by atoms with Crippen LogP contribution < -0.4 is 11.5 Å². The summed E-state index contributed by atoms with van der Waals surface area (Å²) in [6, 6.07) is -0.525. The van der Waals surface area contributed by atoms with Gasteiger partial charge in [0, 0.05) is 0 Å². The highest BCUT2D eigenvalue weighted by atomic mass is 16.3. The Bertz CT molecular complexity index is 142. The maximum absolute atomic E-state index is 10.5. The first kappa shape index (κ1) is 8.86. The maximum Gasteiger partial charge on any atom is 0.326 e. The molecule has 10 heavy (non-hydrogen) atoms. The summed E-state index contributed by atoms with van der Waals surface area (Å²) in [5, 5.41) is 10.6. The van der Waals surface area contributed by atoms with Gasteiger partial charge in [0.05, 0.1) is 6.54 Å². The SMILES string of the molecule is N.O=C1CNC(=O)N1CO. The van der Waals surface area contributed by atoms with Gasteiger partial charge in [0.25, 0.3) is 5.91 Å². The average molecular weight is 147 g/mol. The monoisotopic (exact) mass is 147 g/mol. The van der Waals surface area contributed by atoms with Crippen LogP contribution in [0.5, 0.6) is 0 Å². The molecule has 1 aliphatic heterocycles. The van der Waals surface area contributed by atoms with Crippen molar-refractivity contribution in [1.29, 1.82) is 0 Å². The van der Waals surface area contributed by atoms with Crippen LogP contribution in [-0.4, -0.2) is 35.2 Å². The lowest BCUT2D eigenvalue weighted by Gasteiger charge is -2.04. The average Bonchev–Trinajstić information content (AvgIpc) is 2.12. The van der Waals surface area contributed by atoms with Crippen LogP contribution in [0.1, 0.15) is 0 Å². The van der Waals surface area contributed by atoms with Crippen LogP contribution in [-0.2, 0) is 4.79 Å². The first-order chi connectivity index (χ1) is 4.25. The Balaban J connectivity index is 0.000000810. The molecule has 0 unspecified atom stereocenters. The Morgan fingerprint density at radius 3 is 2.40 bits per heavy atom. The lowest BCUT2D eigenvalue weighted by atomic mass is 10.6.